The average molecular weight is 272 g/mol. The van der Waals surface area contributed by atoms with Crippen LogP contribution in [0.2, 0.25) is 0 Å². The molecule has 1 amide bonds. The Morgan fingerprint density at radius 2 is 2.21 bits per heavy atom. The molecule has 0 saturated heterocycles. The third-order valence-electron chi connectivity index (χ3n) is 2.44. The van der Waals surface area contributed by atoms with Crippen molar-refractivity contribution in [3.8, 4) is 5.75 Å². The maximum atomic E-state index is 12.0. The first-order valence-corrected chi connectivity index (χ1v) is 6.07. The van der Waals surface area contributed by atoms with E-state index >= 15 is 0 Å². The maximum Gasteiger partial charge on any atom is 0.387 e. The average Bonchev–Trinajstić information content (AvgIpc) is 2.33. The van der Waals surface area contributed by atoms with Crippen LogP contribution in [-0.2, 0) is 0 Å². The van der Waals surface area contributed by atoms with Gasteiger partial charge in [-0.25, -0.2) is 0 Å². The summed E-state index contributed by atoms with van der Waals surface area (Å²) in [6.07, 6.45) is 1.59. The molecule has 1 aromatic rings. The first kappa shape index (κ1) is 15.4. The van der Waals surface area contributed by atoms with Gasteiger partial charge >= 0.3 is 6.61 Å². The molecule has 6 heteroatoms. The molecule has 1 atom stereocenters. The number of rotatable bonds is 7. The predicted molar refractivity (Wildman–Crippen MR) is 68.3 cm³/mol. The van der Waals surface area contributed by atoms with Crippen molar-refractivity contribution in [2.24, 2.45) is 5.73 Å². The fraction of sp³-hybridized carbons (Fsp3) is 0.462. The van der Waals surface area contributed by atoms with Crippen molar-refractivity contribution >= 4 is 5.91 Å². The van der Waals surface area contributed by atoms with Gasteiger partial charge in [0.25, 0.3) is 5.91 Å². The summed E-state index contributed by atoms with van der Waals surface area (Å²) in [5, 5.41) is 2.70. The smallest absolute Gasteiger partial charge is 0.387 e. The zero-order valence-corrected chi connectivity index (χ0v) is 10.7. The van der Waals surface area contributed by atoms with Crippen molar-refractivity contribution in [1.29, 1.82) is 0 Å². The van der Waals surface area contributed by atoms with Gasteiger partial charge in [0, 0.05) is 18.2 Å². The highest BCUT2D eigenvalue weighted by Gasteiger charge is 2.09. The molecular weight excluding hydrogens is 254 g/mol. The lowest BCUT2D eigenvalue weighted by Crippen LogP contribution is -2.26. The van der Waals surface area contributed by atoms with Crippen LogP contribution in [0, 0.1) is 0 Å². The Kier molecular flexibility index (Phi) is 6.21. The zero-order chi connectivity index (χ0) is 14.3. The van der Waals surface area contributed by atoms with Crippen molar-refractivity contribution in [3.63, 3.8) is 0 Å². The van der Waals surface area contributed by atoms with Crippen molar-refractivity contribution in [2.75, 3.05) is 6.54 Å². The molecular formula is C13H18F2N2O2. The molecule has 3 N–H and O–H groups in total. The molecule has 0 aliphatic carbocycles. The molecule has 0 aliphatic rings. The van der Waals surface area contributed by atoms with Gasteiger partial charge in [0.2, 0.25) is 0 Å². The number of nitrogens with two attached hydrogens (primary N) is 1. The Morgan fingerprint density at radius 1 is 1.47 bits per heavy atom. The van der Waals surface area contributed by atoms with Gasteiger partial charge in [-0.1, -0.05) is 6.07 Å². The monoisotopic (exact) mass is 272 g/mol. The third kappa shape index (κ3) is 6.15. The Morgan fingerprint density at radius 3 is 2.84 bits per heavy atom. The molecule has 0 saturated carbocycles. The minimum atomic E-state index is -2.90. The number of hydrogen-bond donors (Lipinski definition) is 2. The summed E-state index contributed by atoms with van der Waals surface area (Å²) in [4.78, 5) is 11.7. The summed E-state index contributed by atoms with van der Waals surface area (Å²) >= 11 is 0. The molecule has 1 unspecified atom stereocenters. The van der Waals surface area contributed by atoms with Crippen LogP contribution < -0.4 is 15.8 Å². The van der Waals surface area contributed by atoms with Crippen molar-refractivity contribution < 1.29 is 18.3 Å². The summed E-state index contributed by atoms with van der Waals surface area (Å²) in [5.74, 6) is -0.345. The SMILES string of the molecule is CC(N)CCCNC(=O)c1cccc(OC(F)F)c1. The van der Waals surface area contributed by atoms with E-state index in [1.165, 1.54) is 18.2 Å². The third-order valence-corrected chi connectivity index (χ3v) is 2.44. The van der Waals surface area contributed by atoms with E-state index < -0.39 is 6.61 Å². The van der Waals surface area contributed by atoms with Gasteiger partial charge in [0.15, 0.2) is 0 Å². The predicted octanol–water partition coefficient (Wildman–Crippen LogP) is 2.15. The van der Waals surface area contributed by atoms with Gasteiger partial charge in [-0.15, -0.1) is 0 Å². The Hall–Kier alpha value is -1.69. The van der Waals surface area contributed by atoms with Crippen LogP contribution in [0.4, 0.5) is 8.78 Å². The minimum Gasteiger partial charge on any atom is -0.435 e. The van der Waals surface area contributed by atoms with Crippen LogP contribution in [0.25, 0.3) is 0 Å². The second-order valence-corrected chi connectivity index (χ2v) is 4.28. The molecule has 0 bridgehead atoms. The quantitative estimate of drug-likeness (QED) is 0.747. The first-order chi connectivity index (χ1) is 8.99. The number of halogens is 2. The number of hydrogen-bond acceptors (Lipinski definition) is 3. The number of nitrogens with one attached hydrogen (secondary N) is 1. The second kappa shape index (κ2) is 7.68. The van der Waals surface area contributed by atoms with Crippen LogP contribution in [-0.4, -0.2) is 25.1 Å². The summed E-state index contributed by atoms with van der Waals surface area (Å²) in [5.41, 5.74) is 5.88. The summed E-state index contributed by atoms with van der Waals surface area (Å²) < 4.78 is 28.3. The fourth-order valence-electron chi connectivity index (χ4n) is 1.54. The number of ether oxygens (including phenoxy) is 1. The molecule has 19 heavy (non-hydrogen) atoms. The molecule has 0 heterocycles. The Bertz CT molecular complexity index is 411. The van der Waals surface area contributed by atoms with Crippen LogP contribution >= 0.6 is 0 Å². The topological polar surface area (TPSA) is 64.3 Å². The van der Waals surface area contributed by atoms with E-state index in [2.05, 4.69) is 10.1 Å². The first-order valence-electron chi connectivity index (χ1n) is 6.07. The van der Waals surface area contributed by atoms with E-state index in [1.807, 2.05) is 6.92 Å². The molecule has 4 nitrogen and oxygen atoms in total. The number of carbonyl (C=O) groups is 1. The second-order valence-electron chi connectivity index (χ2n) is 4.28. The van der Waals surface area contributed by atoms with Gasteiger partial charge in [-0.3, -0.25) is 4.79 Å². The van der Waals surface area contributed by atoms with Gasteiger partial charge in [-0.05, 0) is 38.0 Å². The molecule has 0 radical (unpaired) electrons. The molecule has 0 aromatic heterocycles. The van der Waals surface area contributed by atoms with Gasteiger partial charge in [0.05, 0.1) is 0 Å². The highest BCUT2D eigenvalue weighted by atomic mass is 19.3. The lowest BCUT2D eigenvalue weighted by atomic mass is 10.2. The van der Waals surface area contributed by atoms with Crippen molar-refractivity contribution in [3.05, 3.63) is 29.8 Å². The summed E-state index contributed by atoms with van der Waals surface area (Å²) in [7, 11) is 0. The number of benzene rings is 1. The number of carbonyl (C=O) groups excluding carboxylic acids is 1. The van der Waals surface area contributed by atoms with E-state index in [0.29, 0.717) is 12.1 Å². The van der Waals surface area contributed by atoms with E-state index in [-0.39, 0.29) is 17.7 Å². The molecule has 0 aliphatic heterocycles. The van der Waals surface area contributed by atoms with Crippen LogP contribution in [0.15, 0.2) is 24.3 Å². The molecule has 106 valence electrons. The lowest BCUT2D eigenvalue weighted by molar-refractivity contribution is -0.0498. The van der Waals surface area contributed by atoms with Gasteiger partial charge in [-0.2, -0.15) is 8.78 Å². The zero-order valence-electron chi connectivity index (χ0n) is 10.7. The van der Waals surface area contributed by atoms with Crippen molar-refractivity contribution in [1.82, 2.24) is 5.32 Å². The minimum absolute atomic E-state index is 0.0294. The fourth-order valence-corrected chi connectivity index (χ4v) is 1.54. The normalized spacial score (nSPS) is 12.3. The van der Waals surface area contributed by atoms with Crippen molar-refractivity contribution in [2.45, 2.75) is 32.4 Å². The molecule has 1 aromatic carbocycles. The Labute approximate surface area is 110 Å². The number of amides is 1. The van der Waals surface area contributed by atoms with Crippen LogP contribution in [0.3, 0.4) is 0 Å². The summed E-state index contributed by atoms with van der Waals surface area (Å²) in [6, 6.07) is 5.79. The van der Waals surface area contributed by atoms with Crippen LogP contribution in [0.5, 0.6) is 5.75 Å². The van der Waals surface area contributed by atoms with E-state index in [1.54, 1.807) is 6.07 Å². The lowest BCUT2D eigenvalue weighted by Gasteiger charge is -2.08. The van der Waals surface area contributed by atoms with E-state index in [0.717, 1.165) is 12.8 Å². The summed E-state index contributed by atoms with van der Waals surface area (Å²) in [6.45, 7) is -0.503. The standard InChI is InChI=1S/C13H18F2N2O2/c1-9(16)4-3-7-17-12(18)10-5-2-6-11(8-10)19-13(14)15/h2,5-6,8-9,13H,3-4,7,16H2,1H3,(H,17,18). The molecule has 0 spiro atoms. The largest absolute Gasteiger partial charge is 0.435 e. The van der Waals surface area contributed by atoms with E-state index in [9.17, 15) is 13.6 Å². The highest BCUT2D eigenvalue weighted by molar-refractivity contribution is 5.94. The molecule has 1 rings (SSSR count). The highest BCUT2D eigenvalue weighted by Crippen LogP contribution is 2.15. The van der Waals surface area contributed by atoms with E-state index in [4.69, 9.17) is 5.73 Å². The Balaban J connectivity index is 2.47. The van der Waals surface area contributed by atoms with Gasteiger partial charge in [0.1, 0.15) is 5.75 Å². The van der Waals surface area contributed by atoms with Crippen LogP contribution in [0.1, 0.15) is 30.1 Å². The van der Waals surface area contributed by atoms with Gasteiger partial charge < -0.3 is 15.8 Å². The molecule has 0 fully saturated rings. The maximum absolute atomic E-state index is 12.0. The number of alkyl halides is 2.